The van der Waals surface area contributed by atoms with Crippen LogP contribution in [0, 0.1) is 0 Å². The maximum atomic E-state index is 10.7. The Balaban J connectivity index is 2.02. The number of carboxylic acids is 1. The molecule has 15 heavy (non-hydrogen) atoms. The van der Waals surface area contributed by atoms with Gasteiger partial charge in [0, 0.05) is 12.4 Å². The quantitative estimate of drug-likeness (QED) is 0.641. The smallest absolute Gasteiger partial charge is 0.320 e. The number of rotatable bonds is 7. The minimum absolute atomic E-state index is 0.396. The first-order chi connectivity index (χ1) is 7.24. The SMILES string of the molecule is CNC(CCSCC1CCCO1)C(=O)O. The van der Waals surface area contributed by atoms with Crippen molar-refractivity contribution in [2.24, 2.45) is 0 Å². The molecule has 0 aliphatic carbocycles. The van der Waals surface area contributed by atoms with Crippen LogP contribution in [0.4, 0.5) is 0 Å². The third kappa shape index (κ3) is 4.86. The van der Waals surface area contributed by atoms with Crippen LogP contribution in [0.2, 0.25) is 0 Å². The summed E-state index contributed by atoms with van der Waals surface area (Å²) in [7, 11) is 1.68. The van der Waals surface area contributed by atoms with Crippen molar-refractivity contribution in [1.82, 2.24) is 5.32 Å². The number of hydrogen-bond donors (Lipinski definition) is 2. The predicted octanol–water partition coefficient (Wildman–Crippen LogP) is 0.961. The summed E-state index contributed by atoms with van der Waals surface area (Å²) in [6.07, 6.45) is 3.39. The number of carbonyl (C=O) groups is 1. The maximum absolute atomic E-state index is 10.7. The highest BCUT2D eigenvalue weighted by atomic mass is 32.2. The molecule has 0 amide bonds. The highest BCUT2D eigenvalue weighted by molar-refractivity contribution is 7.99. The van der Waals surface area contributed by atoms with Gasteiger partial charge in [0.15, 0.2) is 0 Å². The fraction of sp³-hybridized carbons (Fsp3) is 0.900. The average molecular weight is 233 g/mol. The molecule has 2 N–H and O–H groups in total. The van der Waals surface area contributed by atoms with E-state index in [4.69, 9.17) is 9.84 Å². The standard InChI is InChI=1S/C10H19NO3S/c1-11-9(10(12)13)4-6-15-7-8-3-2-5-14-8/h8-9,11H,2-7H2,1H3,(H,12,13). The van der Waals surface area contributed by atoms with Gasteiger partial charge in [0.25, 0.3) is 0 Å². The van der Waals surface area contributed by atoms with Crippen LogP contribution in [0.25, 0.3) is 0 Å². The van der Waals surface area contributed by atoms with Gasteiger partial charge in [0.05, 0.1) is 6.10 Å². The molecule has 4 nitrogen and oxygen atoms in total. The molecule has 0 bridgehead atoms. The zero-order valence-corrected chi connectivity index (χ0v) is 9.89. The van der Waals surface area contributed by atoms with Crippen LogP contribution in [0.3, 0.4) is 0 Å². The second-order valence-electron chi connectivity index (χ2n) is 3.68. The zero-order valence-electron chi connectivity index (χ0n) is 9.07. The van der Waals surface area contributed by atoms with Crippen LogP contribution in [-0.4, -0.2) is 48.4 Å². The number of thioether (sulfide) groups is 1. The molecule has 1 fully saturated rings. The second kappa shape index (κ2) is 7.09. The van der Waals surface area contributed by atoms with E-state index in [1.807, 2.05) is 0 Å². The molecule has 88 valence electrons. The molecule has 1 aliphatic rings. The summed E-state index contributed by atoms with van der Waals surface area (Å²) >= 11 is 1.78. The molecule has 0 aromatic carbocycles. The topological polar surface area (TPSA) is 58.6 Å². The first-order valence-corrected chi connectivity index (χ1v) is 6.49. The van der Waals surface area contributed by atoms with Gasteiger partial charge in [-0.05, 0) is 32.1 Å². The van der Waals surface area contributed by atoms with Crippen molar-refractivity contribution in [3.05, 3.63) is 0 Å². The van der Waals surface area contributed by atoms with Gasteiger partial charge in [0.2, 0.25) is 0 Å². The number of hydrogen-bond acceptors (Lipinski definition) is 4. The molecule has 1 rings (SSSR count). The Morgan fingerprint density at radius 1 is 1.73 bits per heavy atom. The molecule has 2 atom stereocenters. The Hall–Kier alpha value is -0.260. The van der Waals surface area contributed by atoms with E-state index in [9.17, 15) is 4.79 Å². The molecule has 1 saturated heterocycles. The molecule has 0 radical (unpaired) electrons. The number of nitrogens with one attached hydrogen (secondary N) is 1. The van der Waals surface area contributed by atoms with Gasteiger partial charge in [-0.15, -0.1) is 0 Å². The van der Waals surface area contributed by atoms with Gasteiger partial charge in [-0.2, -0.15) is 11.8 Å². The van der Waals surface area contributed by atoms with Gasteiger partial charge < -0.3 is 15.2 Å². The second-order valence-corrected chi connectivity index (χ2v) is 4.83. The van der Waals surface area contributed by atoms with Crippen molar-refractivity contribution >= 4 is 17.7 Å². The minimum atomic E-state index is -0.768. The number of aliphatic carboxylic acids is 1. The van der Waals surface area contributed by atoms with Gasteiger partial charge in [-0.3, -0.25) is 4.79 Å². The molecule has 0 aromatic heterocycles. The monoisotopic (exact) mass is 233 g/mol. The van der Waals surface area contributed by atoms with Crippen molar-refractivity contribution in [3.8, 4) is 0 Å². The Morgan fingerprint density at radius 3 is 3.07 bits per heavy atom. The van der Waals surface area contributed by atoms with E-state index >= 15 is 0 Å². The van der Waals surface area contributed by atoms with Crippen molar-refractivity contribution in [3.63, 3.8) is 0 Å². The van der Waals surface area contributed by atoms with Crippen LogP contribution in [0.5, 0.6) is 0 Å². The lowest BCUT2D eigenvalue weighted by Crippen LogP contribution is -2.34. The lowest BCUT2D eigenvalue weighted by Gasteiger charge is -2.12. The predicted molar refractivity (Wildman–Crippen MR) is 61.4 cm³/mol. The fourth-order valence-corrected chi connectivity index (χ4v) is 2.68. The molecule has 0 spiro atoms. The number of likely N-dealkylation sites (N-methyl/N-ethyl adjacent to an activating group) is 1. The summed E-state index contributed by atoms with van der Waals surface area (Å²) in [5.41, 5.74) is 0. The molecular weight excluding hydrogens is 214 g/mol. The molecule has 0 aromatic rings. The maximum Gasteiger partial charge on any atom is 0.320 e. The van der Waals surface area contributed by atoms with Gasteiger partial charge in [0.1, 0.15) is 6.04 Å². The summed E-state index contributed by atoms with van der Waals surface area (Å²) in [6.45, 7) is 0.888. The first kappa shape index (κ1) is 12.8. The van der Waals surface area contributed by atoms with Crippen LogP contribution < -0.4 is 5.32 Å². The van der Waals surface area contributed by atoms with E-state index in [2.05, 4.69) is 5.32 Å². The highest BCUT2D eigenvalue weighted by Crippen LogP contribution is 2.17. The number of ether oxygens (including phenoxy) is 1. The first-order valence-electron chi connectivity index (χ1n) is 5.33. The minimum Gasteiger partial charge on any atom is -0.480 e. The lowest BCUT2D eigenvalue weighted by molar-refractivity contribution is -0.139. The van der Waals surface area contributed by atoms with Crippen LogP contribution in [-0.2, 0) is 9.53 Å². The molecule has 1 aliphatic heterocycles. The van der Waals surface area contributed by atoms with Crippen molar-refractivity contribution in [2.45, 2.75) is 31.4 Å². The largest absolute Gasteiger partial charge is 0.480 e. The third-order valence-corrected chi connectivity index (χ3v) is 3.66. The van der Waals surface area contributed by atoms with Crippen LogP contribution >= 0.6 is 11.8 Å². The highest BCUT2D eigenvalue weighted by Gasteiger charge is 2.17. The molecule has 5 heteroatoms. The van der Waals surface area contributed by atoms with Crippen molar-refractivity contribution < 1.29 is 14.6 Å². The molecular formula is C10H19NO3S. The summed E-state index contributed by atoms with van der Waals surface area (Å²) in [5.74, 6) is 1.10. The molecule has 2 unspecified atom stereocenters. The summed E-state index contributed by atoms with van der Waals surface area (Å²) in [5, 5.41) is 11.6. The van der Waals surface area contributed by atoms with E-state index in [1.54, 1.807) is 18.8 Å². The average Bonchev–Trinajstić information content (AvgIpc) is 2.70. The van der Waals surface area contributed by atoms with Crippen LogP contribution in [0.15, 0.2) is 0 Å². The number of carboxylic acid groups (broad SMARTS) is 1. The van der Waals surface area contributed by atoms with E-state index in [1.165, 1.54) is 6.42 Å². The van der Waals surface area contributed by atoms with E-state index in [-0.39, 0.29) is 0 Å². The van der Waals surface area contributed by atoms with Crippen LogP contribution in [0.1, 0.15) is 19.3 Å². The van der Waals surface area contributed by atoms with E-state index < -0.39 is 12.0 Å². The van der Waals surface area contributed by atoms with Crippen molar-refractivity contribution in [1.29, 1.82) is 0 Å². The Morgan fingerprint density at radius 2 is 2.53 bits per heavy atom. The van der Waals surface area contributed by atoms with E-state index in [0.717, 1.165) is 24.5 Å². The Bertz CT molecular complexity index is 195. The van der Waals surface area contributed by atoms with Gasteiger partial charge >= 0.3 is 5.97 Å². The molecule has 1 heterocycles. The summed E-state index contributed by atoms with van der Waals surface area (Å²) < 4.78 is 5.48. The molecule has 0 saturated carbocycles. The Labute approximate surface area is 94.8 Å². The summed E-state index contributed by atoms with van der Waals surface area (Å²) in [6, 6.07) is -0.415. The fourth-order valence-electron chi connectivity index (χ4n) is 1.58. The van der Waals surface area contributed by atoms with Gasteiger partial charge in [-0.25, -0.2) is 0 Å². The normalized spacial score (nSPS) is 22.9. The lowest BCUT2D eigenvalue weighted by atomic mass is 10.2. The third-order valence-electron chi connectivity index (χ3n) is 2.53. The Kier molecular flexibility index (Phi) is 6.05. The van der Waals surface area contributed by atoms with E-state index in [0.29, 0.717) is 12.5 Å². The van der Waals surface area contributed by atoms with Gasteiger partial charge in [-0.1, -0.05) is 0 Å². The zero-order chi connectivity index (χ0) is 11.1. The summed E-state index contributed by atoms with van der Waals surface area (Å²) in [4.78, 5) is 10.7. The van der Waals surface area contributed by atoms with Crippen molar-refractivity contribution in [2.75, 3.05) is 25.2 Å².